The highest BCUT2D eigenvalue weighted by Crippen LogP contribution is 2.35. The van der Waals surface area contributed by atoms with Crippen LogP contribution in [0.1, 0.15) is 57.2 Å². The van der Waals surface area contributed by atoms with E-state index in [1.807, 2.05) is 0 Å². The highest BCUT2D eigenvalue weighted by Gasteiger charge is 2.25. The zero-order valence-electron chi connectivity index (χ0n) is 17.8. The fourth-order valence-electron chi connectivity index (χ4n) is 4.37. The minimum absolute atomic E-state index is 0.0326. The molecule has 1 aromatic rings. The van der Waals surface area contributed by atoms with Crippen molar-refractivity contribution in [3.63, 3.8) is 0 Å². The van der Waals surface area contributed by atoms with E-state index in [4.69, 9.17) is 4.74 Å². The van der Waals surface area contributed by atoms with Crippen LogP contribution in [0.25, 0.3) is 0 Å². The predicted octanol–water partition coefficient (Wildman–Crippen LogP) is 3.80. The van der Waals surface area contributed by atoms with E-state index in [1.54, 1.807) is 0 Å². The number of phenolic OH excluding ortho intramolecular Hbond substituents is 1. The van der Waals surface area contributed by atoms with Gasteiger partial charge in [-0.05, 0) is 54.8 Å². The number of phenols is 1. The first-order chi connectivity index (χ1) is 12.9. The van der Waals surface area contributed by atoms with Crippen molar-refractivity contribution in [3.8, 4) is 5.75 Å². The standard InChI is InChI=1S/C23H38N2O2/c1-5-18-14-20(22(26)21(15-18)23(2,3)4)17-24-8-6-19(7-9-24)16-25-10-12-27-13-11-25/h14-15,19,26H,5-13,16-17H2,1-4H3. The molecule has 0 aromatic heterocycles. The molecule has 0 unspecified atom stereocenters. The summed E-state index contributed by atoms with van der Waals surface area (Å²) in [6.07, 6.45) is 3.54. The van der Waals surface area contributed by atoms with E-state index in [0.717, 1.165) is 69.4 Å². The summed E-state index contributed by atoms with van der Waals surface area (Å²) >= 11 is 0. The van der Waals surface area contributed by atoms with E-state index in [9.17, 15) is 5.11 Å². The molecule has 4 nitrogen and oxygen atoms in total. The Morgan fingerprint density at radius 1 is 1.04 bits per heavy atom. The lowest BCUT2D eigenvalue weighted by Crippen LogP contribution is -2.42. The zero-order valence-corrected chi connectivity index (χ0v) is 17.8. The maximum atomic E-state index is 10.9. The van der Waals surface area contributed by atoms with Gasteiger partial charge in [-0.3, -0.25) is 9.80 Å². The van der Waals surface area contributed by atoms with Crippen LogP contribution in [0.4, 0.5) is 0 Å². The minimum atomic E-state index is -0.0326. The molecule has 0 saturated carbocycles. The second-order valence-electron chi connectivity index (χ2n) is 9.39. The first-order valence-corrected chi connectivity index (χ1v) is 10.7. The van der Waals surface area contributed by atoms with Crippen LogP contribution in [0, 0.1) is 5.92 Å². The molecule has 2 heterocycles. The average Bonchev–Trinajstić information content (AvgIpc) is 2.65. The quantitative estimate of drug-likeness (QED) is 0.850. The van der Waals surface area contributed by atoms with Crippen molar-refractivity contribution in [2.45, 2.75) is 58.9 Å². The van der Waals surface area contributed by atoms with Crippen molar-refractivity contribution in [3.05, 3.63) is 28.8 Å². The van der Waals surface area contributed by atoms with Gasteiger partial charge in [-0.25, -0.2) is 0 Å². The predicted molar refractivity (Wildman–Crippen MR) is 111 cm³/mol. The number of rotatable bonds is 5. The monoisotopic (exact) mass is 374 g/mol. The van der Waals surface area contributed by atoms with Crippen molar-refractivity contribution < 1.29 is 9.84 Å². The van der Waals surface area contributed by atoms with Crippen LogP contribution in [0.2, 0.25) is 0 Å². The maximum Gasteiger partial charge on any atom is 0.123 e. The lowest BCUT2D eigenvalue weighted by molar-refractivity contribution is 0.0242. The molecule has 2 fully saturated rings. The molecule has 0 bridgehead atoms. The van der Waals surface area contributed by atoms with Gasteiger partial charge in [-0.1, -0.05) is 39.8 Å². The molecule has 27 heavy (non-hydrogen) atoms. The SMILES string of the molecule is CCc1cc(CN2CCC(CN3CCOCC3)CC2)c(O)c(C(C)(C)C)c1. The van der Waals surface area contributed by atoms with Gasteiger partial charge in [0.25, 0.3) is 0 Å². The van der Waals surface area contributed by atoms with E-state index in [0.29, 0.717) is 5.75 Å². The summed E-state index contributed by atoms with van der Waals surface area (Å²) in [6.45, 7) is 17.1. The Hall–Kier alpha value is -1.10. The molecule has 0 spiro atoms. The molecule has 0 aliphatic carbocycles. The molecule has 152 valence electrons. The Bertz CT molecular complexity index is 610. The zero-order chi connectivity index (χ0) is 19.4. The second kappa shape index (κ2) is 8.93. The fourth-order valence-corrected chi connectivity index (χ4v) is 4.37. The largest absolute Gasteiger partial charge is 0.507 e. The fraction of sp³-hybridized carbons (Fsp3) is 0.739. The van der Waals surface area contributed by atoms with Crippen molar-refractivity contribution in [2.75, 3.05) is 45.9 Å². The maximum absolute atomic E-state index is 10.9. The smallest absolute Gasteiger partial charge is 0.123 e. The number of piperidine rings is 1. The molecule has 2 aliphatic rings. The molecule has 2 aliphatic heterocycles. The molecule has 3 rings (SSSR count). The average molecular weight is 375 g/mol. The summed E-state index contributed by atoms with van der Waals surface area (Å²) in [5.74, 6) is 1.31. The third-order valence-electron chi connectivity index (χ3n) is 6.19. The number of aryl methyl sites for hydroxylation is 1. The number of benzene rings is 1. The van der Waals surface area contributed by atoms with Crippen molar-refractivity contribution in [1.82, 2.24) is 9.80 Å². The van der Waals surface area contributed by atoms with E-state index >= 15 is 0 Å². The van der Waals surface area contributed by atoms with Gasteiger partial charge in [0.05, 0.1) is 13.2 Å². The molecular formula is C23H38N2O2. The normalized spacial score (nSPS) is 20.9. The van der Waals surface area contributed by atoms with Crippen LogP contribution < -0.4 is 0 Å². The molecule has 0 amide bonds. The summed E-state index contributed by atoms with van der Waals surface area (Å²) in [4.78, 5) is 5.09. The third kappa shape index (κ3) is 5.46. The topological polar surface area (TPSA) is 35.9 Å². The Morgan fingerprint density at radius 3 is 2.30 bits per heavy atom. The Kier molecular flexibility index (Phi) is 6.83. The molecule has 1 aromatic carbocycles. The van der Waals surface area contributed by atoms with Gasteiger partial charge in [0.2, 0.25) is 0 Å². The lowest BCUT2D eigenvalue weighted by Gasteiger charge is -2.36. The number of aromatic hydroxyl groups is 1. The number of nitrogens with zero attached hydrogens (tertiary/aromatic N) is 2. The first-order valence-electron chi connectivity index (χ1n) is 10.7. The summed E-state index contributed by atoms with van der Waals surface area (Å²) in [5.41, 5.74) is 3.48. The molecule has 0 atom stereocenters. The number of hydrogen-bond acceptors (Lipinski definition) is 4. The van der Waals surface area contributed by atoms with E-state index in [-0.39, 0.29) is 5.41 Å². The summed E-state index contributed by atoms with van der Waals surface area (Å²) in [5, 5.41) is 10.9. The van der Waals surface area contributed by atoms with Crippen LogP contribution in [0.5, 0.6) is 5.75 Å². The van der Waals surface area contributed by atoms with E-state index in [2.05, 4.69) is 49.6 Å². The Labute approximate surface area is 165 Å². The number of likely N-dealkylation sites (tertiary alicyclic amines) is 1. The van der Waals surface area contributed by atoms with Gasteiger partial charge in [-0.15, -0.1) is 0 Å². The van der Waals surface area contributed by atoms with E-state index < -0.39 is 0 Å². The van der Waals surface area contributed by atoms with Gasteiger partial charge in [-0.2, -0.15) is 0 Å². The summed E-state index contributed by atoms with van der Waals surface area (Å²) in [6, 6.07) is 4.40. The molecule has 4 heteroatoms. The number of ether oxygens (including phenoxy) is 1. The second-order valence-corrected chi connectivity index (χ2v) is 9.39. The van der Waals surface area contributed by atoms with Gasteiger partial charge in [0.15, 0.2) is 0 Å². The van der Waals surface area contributed by atoms with Crippen LogP contribution in [-0.4, -0.2) is 60.8 Å². The highest BCUT2D eigenvalue weighted by atomic mass is 16.5. The molecule has 1 N–H and O–H groups in total. The Balaban J connectivity index is 1.60. The number of morpholine rings is 1. The van der Waals surface area contributed by atoms with E-state index in [1.165, 1.54) is 24.9 Å². The molecule has 2 saturated heterocycles. The summed E-state index contributed by atoms with van der Waals surface area (Å²) < 4.78 is 5.46. The Morgan fingerprint density at radius 2 is 1.70 bits per heavy atom. The van der Waals surface area contributed by atoms with Crippen LogP contribution in [0.3, 0.4) is 0 Å². The van der Waals surface area contributed by atoms with Gasteiger partial charge >= 0.3 is 0 Å². The van der Waals surface area contributed by atoms with Crippen LogP contribution >= 0.6 is 0 Å². The molecule has 0 radical (unpaired) electrons. The lowest BCUT2D eigenvalue weighted by atomic mass is 9.83. The van der Waals surface area contributed by atoms with Crippen LogP contribution in [0.15, 0.2) is 12.1 Å². The van der Waals surface area contributed by atoms with Gasteiger partial charge in [0, 0.05) is 31.7 Å². The highest BCUT2D eigenvalue weighted by molar-refractivity contribution is 5.47. The van der Waals surface area contributed by atoms with Gasteiger partial charge in [0.1, 0.15) is 5.75 Å². The number of hydrogen-bond donors (Lipinski definition) is 1. The van der Waals surface area contributed by atoms with Crippen molar-refractivity contribution in [1.29, 1.82) is 0 Å². The minimum Gasteiger partial charge on any atom is -0.507 e. The summed E-state index contributed by atoms with van der Waals surface area (Å²) in [7, 11) is 0. The first kappa shape index (κ1) is 20.6. The molecular weight excluding hydrogens is 336 g/mol. The van der Waals surface area contributed by atoms with Gasteiger partial charge < -0.3 is 9.84 Å². The third-order valence-corrected chi connectivity index (χ3v) is 6.19. The van der Waals surface area contributed by atoms with Crippen LogP contribution in [-0.2, 0) is 23.1 Å². The van der Waals surface area contributed by atoms with Crippen molar-refractivity contribution >= 4 is 0 Å². The van der Waals surface area contributed by atoms with Crippen molar-refractivity contribution in [2.24, 2.45) is 5.92 Å².